The van der Waals surface area contributed by atoms with Gasteiger partial charge in [0, 0.05) is 5.02 Å². The summed E-state index contributed by atoms with van der Waals surface area (Å²) in [4.78, 5) is 10.8. The number of rotatable bonds is 5. The van der Waals surface area contributed by atoms with E-state index in [1.54, 1.807) is 0 Å². The highest BCUT2D eigenvalue weighted by molar-refractivity contribution is 6.30. The van der Waals surface area contributed by atoms with Crippen molar-refractivity contribution in [3.05, 3.63) is 59.1 Å². The van der Waals surface area contributed by atoms with Crippen LogP contribution in [-0.2, 0) is 11.2 Å². The number of halogens is 2. The number of carbonyl (C=O) groups is 1. The van der Waals surface area contributed by atoms with Crippen LogP contribution in [0.15, 0.2) is 48.5 Å². The predicted molar refractivity (Wildman–Crippen MR) is 82.5 cm³/mol. The van der Waals surface area contributed by atoms with Gasteiger partial charge in [-0.15, -0.1) is 11.6 Å². The number of carboxylic acid groups (broad SMARTS) is 1. The van der Waals surface area contributed by atoms with E-state index in [-0.39, 0.29) is 0 Å². The average Bonchev–Trinajstić information content (AvgIpc) is 2.45. The van der Waals surface area contributed by atoms with Gasteiger partial charge in [0.1, 0.15) is 5.38 Å². The van der Waals surface area contributed by atoms with E-state index >= 15 is 0 Å². The Morgan fingerprint density at radius 1 is 1.15 bits per heavy atom. The Bertz CT molecular complexity index is 611. The molecule has 0 spiro atoms. The SMILES string of the molecule is O=C(O)C(Cl)CCc1ccccc1-c1cccc(Cl)c1. The monoisotopic (exact) mass is 308 g/mol. The summed E-state index contributed by atoms with van der Waals surface area (Å²) in [6, 6.07) is 15.5. The van der Waals surface area contributed by atoms with Crippen molar-refractivity contribution in [3.8, 4) is 11.1 Å². The fourth-order valence-corrected chi connectivity index (χ4v) is 2.38. The van der Waals surface area contributed by atoms with Crippen molar-refractivity contribution in [1.29, 1.82) is 0 Å². The van der Waals surface area contributed by atoms with Crippen LogP contribution in [0.25, 0.3) is 11.1 Å². The lowest BCUT2D eigenvalue weighted by Crippen LogP contribution is -2.14. The third-order valence-corrected chi connectivity index (χ3v) is 3.73. The first-order valence-corrected chi connectivity index (χ1v) is 7.10. The molecule has 4 heteroatoms. The average molecular weight is 309 g/mol. The molecule has 0 amide bonds. The molecule has 0 aliphatic heterocycles. The summed E-state index contributed by atoms with van der Waals surface area (Å²) in [5.41, 5.74) is 3.15. The van der Waals surface area contributed by atoms with Crippen LogP contribution in [0.4, 0.5) is 0 Å². The van der Waals surface area contributed by atoms with E-state index in [0.717, 1.165) is 16.7 Å². The fraction of sp³-hybridized carbons (Fsp3) is 0.188. The third-order valence-electron chi connectivity index (χ3n) is 3.09. The summed E-state index contributed by atoms with van der Waals surface area (Å²) in [7, 11) is 0. The number of alkyl halides is 1. The molecule has 1 N–H and O–H groups in total. The van der Waals surface area contributed by atoms with Crippen molar-refractivity contribution >= 4 is 29.2 Å². The fourth-order valence-electron chi connectivity index (χ4n) is 2.08. The highest BCUT2D eigenvalue weighted by Gasteiger charge is 2.14. The van der Waals surface area contributed by atoms with Gasteiger partial charge in [0.25, 0.3) is 0 Å². The van der Waals surface area contributed by atoms with E-state index in [0.29, 0.717) is 17.9 Å². The molecular weight excluding hydrogens is 295 g/mol. The van der Waals surface area contributed by atoms with E-state index in [2.05, 4.69) is 0 Å². The van der Waals surface area contributed by atoms with Gasteiger partial charge >= 0.3 is 5.97 Å². The quantitative estimate of drug-likeness (QED) is 0.818. The Balaban J connectivity index is 2.24. The molecular formula is C16H14Cl2O2. The van der Waals surface area contributed by atoms with Crippen LogP contribution < -0.4 is 0 Å². The minimum atomic E-state index is -0.980. The van der Waals surface area contributed by atoms with E-state index in [1.165, 1.54) is 0 Å². The molecule has 0 aliphatic rings. The summed E-state index contributed by atoms with van der Waals surface area (Å²) in [5.74, 6) is -0.980. The minimum Gasteiger partial charge on any atom is -0.480 e. The molecule has 0 radical (unpaired) electrons. The molecule has 0 fully saturated rings. The summed E-state index contributed by atoms with van der Waals surface area (Å²) >= 11 is 11.8. The van der Waals surface area contributed by atoms with E-state index in [4.69, 9.17) is 28.3 Å². The normalized spacial score (nSPS) is 12.1. The van der Waals surface area contributed by atoms with Gasteiger partial charge in [-0.1, -0.05) is 48.0 Å². The molecule has 2 aromatic rings. The Hall–Kier alpha value is -1.51. The summed E-state index contributed by atoms with van der Waals surface area (Å²) in [6.45, 7) is 0. The molecule has 0 aliphatic carbocycles. The molecule has 0 heterocycles. The van der Waals surface area contributed by atoms with Crippen molar-refractivity contribution in [3.63, 3.8) is 0 Å². The van der Waals surface area contributed by atoms with Gasteiger partial charge < -0.3 is 5.11 Å². The Kier molecular flexibility index (Phi) is 5.05. The van der Waals surface area contributed by atoms with Gasteiger partial charge in [0.15, 0.2) is 0 Å². The van der Waals surface area contributed by atoms with Crippen LogP contribution >= 0.6 is 23.2 Å². The number of hydrogen-bond donors (Lipinski definition) is 1. The van der Waals surface area contributed by atoms with Crippen LogP contribution in [-0.4, -0.2) is 16.5 Å². The molecule has 20 heavy (non-hydrogen) atoms. The van der Waals surface area contributed by atoms with Gasteiger partial charge in [-0.05, 0) is 41.7 Å². The largest absolute Gasteiger partial charge is 0.480 e. The Labute approximate surface area is 128 Å². The maximum Gasteiger partial charge on any atom is 0.321 e. The molecule has 0 saturated carbocycles. The van der Waals surface area contributed by atoms with Gasteiger partial charge in [-0.2, -0.15) is 0 Å². The van der Waals surface area contributed by atoms with Crippen LogP contribution in [0.3, 0.4) is 0 Å². The smallest absolute Gasteiger partial charge is 0.321 e. The van der Waals surface area contributed by atoms with Crippen LogP contribution in [0.1, 0.15) is 12.0 Å². The second kappa shape index (κ2) is 6.78. The molecule has 0 bridgehead atoms. The molecule has 2 aromatic carbocycles. The summed E-state index contributed by atoms with van der Waals surface area (Å²) < 4.78 is 0. The lowest BCUT2D eigenvalue weighted by Gasteiger charge is -2.11. The first-order chi connectivity index (χ1) is 9.58. The molecule has 0 saturated heterocycles. The Morgan fingerprint density at radius 3 is 2.60 bits per heavy atom. The molecule has 1 unspecified atom stereocenters. The number of carboxylic acids is 1. The van der Waals surface area contributed by atoms with Gasteiger partial charge in [-0.25, -0.2) is 0 Å². The van der Waals surface area contributed by atoms with Crippen LogP contribution in [0.5, 0.6) is 0 Å². The van der Waals surface area contributed by atoms with Gasteiger partial charge in [0.2, 0.25) is 0 Å². The number of benzene rings is 2. The number of aryl methyl sites for hydroxylation is 1. The van der Waals surface area contributed by atoms with Gasteiger partial charge in [-0.3, -0.25) is 4.79 Å². The second-order valence-corrected chi connectivity index (χ2v) is 5.48. The van der Waals surface area contributed by atoms with Crippen molar-refractivity contribution < 1.29 is 9.90 Å². The lowest BCUT2D eigenvalue weighted by molar-refractivity contribution is -0.136. The van der Waals surface area contributed by atoms with E-state index in [9.17, 15) is 4.79 Å². The number of hydrogen-bond acceptors (Lipinski definition) is 1. The summed E-state index contributed by atoms with van der Waals surface area (Å²) in [6.07, 6.45) is 1.01. The van der Waals surface area contributed by atoms with E-state index < -0.39 is 11.3 Å². The second-order valence-electron chi connectivity index (χ2n) is 4.51. The zero-order chi connectivity index (χ0) is 14.5. The van der Waals surface area contributed by atoms with Crippen molar-refractivity contribution in [1.82, 2.24) is 0 Å². The van der Waals surface area contributed by atoms with Crippen LogP contribution in [0, 0.1) is 0 Å². The van der Waals surface area contributed by atoms with Crippen molar-refractivity contribution in [2.24, 2.45) is 0 Å². The van der Waals surface area contributed by atoms with Gasteiger partial charge in [0.05, 0.1) is 0 Å². The highest BCUT2D eigenvalue weighted by atomic mass is 35.5. The first kappa shape index (κ1) is 14.9. The summed E-state index contributed by atoms with van der Waals surface area (Å²) in [5, 5.41) is 8.65. The van der Waals surface area contributed by atoms with E-state index in [1.807, 2.05) is 48.5 Å². The third kappa shape index (κ3) is 3.75. The predicted octanol–water partition coefficient (Wildman–Crippen LogP) is 4.63. The van der Waals surface area contributed by atoms with Crippen LogP contribution in [0.2, 0.25) is 5.02 Å². The Morgan fingerprint density at radius 2 is 1.90 bits per heavy atom. The topological polar surface area (TPSA) is 37.3 Å². The number of aliphatic carboxylic acids is 1. The first-order valence-electron chi connectivity index (χ1n) is 6.28. The van der Waals surface area contributed by atoms with Crippen molar-refractivity contribution in [2.45, 2.75) is 18.2 Å². The molecule has 2 nitrogen and oxygen atoms in total. The molecule has 104 valence electrons. The zero-order valence-electron chi connectivity index (χ0n) is 10.7. The molecule has 0 aromatic heterocycles. The highest BCUT2D eigenvalue weighted by Crippen LogP contribution is 2.27. The molecule has 2 rings (SSSR count). The lowest BCUT2D eigenvalue weighted by atomic mass is 9.96. The minimum absolute atomic E-state index is 0.397. The maximum atomic E-state index is 10.8. The molecule has 1 atom stereocenters. The maximum absolute atomic E-state index is 10.8. The standard InChI is InChI=1S/C16H14Cl2O2/c17-13-6-3-5-12(10-13)14-7-2-1-4-11(14)8-9-15(18)16(19)20/h1-7,10,15H,8-9H2,(H,19,20). The van der Waals surface area contributed by atoms with Crippen molar-refractivity contribution in [2.75, 3.05) is 0 Å². The zero-order valence-corrected chi connectivity index (χ0v) is 12.2.